The van der Waals surface area contributed by atoms with Crippen LogP contribution in [0.25, 0.3) is 0 Å². The van der Waals surface area contributed by atoms with Crippen molar-refractivity contribution in [1.29, 1.82) is 0 Å². The maximum Gasteiger partial charge on any atom is 0.107 e. The molecule has 0 aliphatic carbocycles. The Morgan fingerprint density at radius 3 is 2.40 bits per heavy atom. The molecule has 0 aromatic carbocycles. The van der Waals surface area contributed by atoms with Crippen LogP contribution in [0, 0.1) is 5.92 Å². The Hall–Kier alpha value is -0.410. The van der Waals surface area contributed by atoms with Crippen LogP contribution in [0.15, 0.2) is 6.20 Å². The fourth-order valence-corrected chi connectivity index (χ4v) is 2.03. The third kappa shape index (κ3) is 3.92. The van der Waals surface area contributed by atoms with E-state index < -0.39 is 0 Å². The first-order valence-corrected chi connectivity index (χ1v) is 6.50. The molecule has 0 radical (unpaired) electrons. The van der Waals surface area contributed by atoms with E-state index in [-0.39, 0.29) is 0 Å². The second-order valence-corrected chi connectivity index (χ2v) is 5.87. The zero-order valence-electron chi connectivity index (χ0n) is 10.4. The van der Waals surface area contributed by atoms with Gasteiger partial charge in [0.25, 0.3) is 0 Å². The number of nitrogens with one attached hydrogen (secondary N) is 1. The predicted octanol–water partition coefficient (Wildman–Crippen LogP) is 3.40. The third-order valence-corrected chi connectivity index (χ3v) is 4.01. The number of rotatable bonds is 5. The van der Waals surface area contributed by atoms with Crippen LogP contribution < -0.4 is 5.32 Å². The molecular formula is C12H22N2S. The van der Waals surface area contributed by atoms with Crippen molar-refractivity contribution in [2.75, 3.05) is 0 Å². The summed E-state index contributed by atoms with van der Waals surface area (Å²) in [5.41, 5.74) is 0. The molecule has 1 aromatic rings. The average Bonchev–Trinajstić information content (AvgIpc) is 2.62. The molecule has 0 aliphatic heterocycles. The molecule has 1 heterocycles. The number of aromatic nitrogens is 1. The summed E-state index contributed by atoms with van der Waals surface area (Å²) >= 11 is 1.82. The van der Waals surface area contributed by atoms with Gasteiger partial charge in [-0.3, -0.25) is 0 Å². The second-order valence-electron chi connectivity index (χ2n) is 4.72. The summed E-state index contributed by atoms with van der Waals surface area (Å²) in [6, 6.07) is 0.552. The number of nitrogens with zero attached hydrogens (tertiary/aromatic N) is 1. The Kier molecular flexibility index (Phi) is 4.74. The maximum atomic E-state index is 4.42. The minimum Gasteiger partial charge on any atom is -0.308 e. The van der Waals surface area contributed by atoms with Crippen molar-refractivity contribution in [1.82, 2.24) is 10.3 Å². The number of hydrogen-bond acceptors (Lipinski definition) is 3. The summed E-state index contributed by atoms with van der Waals surface area (Å²) in [5.74, 6) is 1.27. The minimum absolute atomic E-state index is 0.552. The molecule has 1 unspecified atom stereocenters. The van der Waals surface area contributed by atoms with Gasteiger partial charge in [-0.1, -0.05) is 27.7 Å². The van der Waals surface area contributed by atoms with E-state index in [2.05, 4.69) is 44.9 Å². The van der Waals surface area contributed by atoms with Crippen molar-refractivity contribution in [2.45, 2.75) is 53.1 Å². The summed E-state index contributed by atoms with van der Waals surface area (Å²) < 4.78 is 0. The summed E-state index contributed by atoms with van der Waals surface area (Å²) in [5, 5.41) is 4.70. The SMILES string of the molecule is CC(C)c1cnc(CNC(C)C(C)C)s1. The van der Waals surface area contributed by atoms with Crippen LogP contribution >= 0.6 is 11.3 Å². The highest BCUT2D eigenvalue weighted by atomic mass is 32.1. The number of thiazole rings is 1. The van der Waals surface area contributed by atoms with Gasteiger partial charge in [-0.15, -0.1) is 11.3 Å². The molecule has 0 fully saturated rings. The Morgan fingerprint density at radius 1 is 1.27 bits per heavy atom. The normalized spacial score (nSPS) is 13.8. The lowest BCUT2D eigenvalue weighted by atomic mass is 10.1. The first kappa shape index (κ1) is 12.7. The molecule has 1 rings (SSSR count). The highest BCUT2D eigenvalue weighted by molar-refractivity contribution is 7.11. The standard InChI is InChI=1S/C12H22N2S/c1-8(2)10(5)13-7-12-14-6-11(15-12)9(3)4/h6,8-10,13H,7H2,1-5H3. The summed E-state index contributed by atoms with van der Waals surface area (Å²) in [6.07, 6.45) is 2.01. The van der Waals surface area contributed by atoms with E-state index >= 15 is 0 Å². The monoisotopic (exact) mass is 226 g/mol. The van der Waals surface area contributed by atoms with Gasteiger partial charge in [0.15, 0.2) is 0 Å². The van der Waals surface area contributed by atoms with Gasteiger partial charge in [0.05, 0.1) is 0 Å². The van der Waals surface area contributed by atoms with Gasteiger partial charge in [0, 0.05) is 23.7 Å². The van der Waals surface area contributed by atoms with Crippen molar-refractivity contribution in [2.24, 2.45) is 5.92 Å². The molecule has 1 atom stereocenters. The minimum atomic E-state index is 0.552. The molecule has 86 valence electrons. The van der Waals surface area contributed by atoms with Gasteiger partial charge in [0.2, 0.25) is 0 Å². The van der Waals surface area contributed by atoms with E-state index in [1.165, 1.54) is 9.88 Å². The molecule has 0 aliphatic rings. The van der Waals surface area contributed by atoms with E-state index in [1.807, 2.05) is 17.5 Å². The second kappa shape index (κ2) is 5.61. The molecule has 15 heavy (non-hydrogen) atoms. The molecule has 1 aromatic heterocycles. The van der Waals surface area contributed by atoms with Crippen LogP contribution in [0.1, 0.15) is 50.4 Å². The Labute approximate surface area is 97.1 Å². The van der Waals surface area contributed by atoms with Gasteiger partial charge in [0.1, 0.15) is 5.01 Å². The van der Waals surface area contributed by atoms with Gasteiger partial charge in [-0.25, -0.2) is 4.98 Å². The summed E-state index contributed by atoms with van der Waals surface area (Å²) in [6.45, 7) is 12.0. The Balaban J connectivity index is 2.44. The molecule has 0 bridgehead atoms. The molecule has 0 spiro atoms. The Bertz CT molecular complexity index is 292. The van der Waals surface area contributed by atoms with Crippen LogP contribution in [0.2, 0.25) is 0 Å². The lowest BCUT2D eigenvalue weighted by molar-refractivity contribution is 0.426. The van der Waals surface area contributed by atoms with Crippen molar-refractivity contribution >= 4 is 11.3 Å². The zero-order chi connectivity index (χ0) is 11.4. The van der Waals surface area contributed by atoms with E-state index in [0.717, 1.165) is 6.54 Å². The first-order valence-electron chi connectivity index (χ1n) is 5.68. The van der Waals surface area contributed by atoms with Crippen LogP contribution in [-0.2, 0) is 6.54 Å². The summed E-state index contributed by atoms with van der Waals surface area (Å²) in [4.78, 5) is 5.80. The first-order chi connectivity index (χ1) is 7.00. The Morgan fingerprint density at radius 2 is 1.93 bits per heavy atom. The van der Waals surface area contributed by atoms with Crippen LogP contribution in [0.3, 0.4) is 0 Å². The predicted molar refractivity (Wildman–Crippen MR) is 67.3 cm³/mol. The van der Waals surface area contributed by atoms with E-state index in [9.17, 15) is 0 Å². The molecule has 0 amide bonds. The highest BCUT2D eigenvalue weighted by Crippen LogP contribution is 2.21. The maximum absolute atomic E-state index is 4.42. The molecule has 0 saturated carbocycles. The average molecular weight is 226 g/mol. The molecule has 0 saturated heterocycles. The van der Waals surface area contributed by atoms with E-state index in [1.54, 1.807) is 0 Å². The fraction of sp³-hybridized carbons (Fsp3) is 0.750. The van der Waals surface area contributed by atoms with Gasteiger partial charge in [-0.2, -0.15) is 0 Å². The molecule has 3 heteroatoms. The van der Waals surface area contributed by atoms with Gasteiger partial charge >= 0.3 is 0 Å². The lowest BCUT2D eigenvalue weighted by Crippen LogP contribution is -2.30. The number of hydrogen-bond donors (Lipinski definition) is 1. The lowest BCUT2D eigenvalue weighted by Gasteiger charge is -2.16. The van der Waals surface area contributed by atoms with Crippen LogP contribution in [0.5, 0.6) is 0 Å². The van der Waals surface area contributed by atoms with Crippen molar-refractivity contribution in [3.8, 4) is 0 Å². The van der Waals surface area contributed by atoms with Crippen molar-refractivity contribution in [3.63, 3.8) is 0 Å². The summed E-state index contributed by atoms with van der Waals surface area (Å²) in [7, 11) is 0. The van der Waals surface area contributed by atoms with Gasteiger partial charge in [-0.05, 0) is 18.8 Å². The van der Waals surface area contributed by atoms with Crippen molar-refractivity contribution in [3.05, 3.63) is 16.1 Å². The van der Waals surface area contributed by atoms with Gasteiger partial charge < -0.3 is 5.32 Å². The van der Waals surface area contributed by atoms with E-state index in [0.29, 0.717) is 17.9 Å². The molecular weight excluding hydrogens is 204 g/mol. The largest absolute Gasteiger partial charge is 0.308 e. The fourth-order valence-electron chi connectivity index (χ4n) is 1.16. The smallest absolute Gasteiger partial charge is 0.107 e. The van der Waals surface area contributed by atoms with Crippen molar-refractivity contribution < 1.29 is 0 Å². The molecule has 2 nitrogen and oxygen atoms in total. The van der Waals surface area contributed by atoms with Crippen LogP contribution in [-0.4, -0.2) is 11.0 Å². The quantitative estimate of drug-likeness (QED) is 0.832. The third-order valence-electron chi connectivity index (χ3n) is 2.72. The molecule has 1 N–H and O–H groups in total. The zero-order valence-corrected chi connectivity index (χ0v) is 11.2. The topological polar surface area (TPSA) is 24.9 Å². The highest BCUT2D eigenvalue weighted by Gasteiger charge is 2.09. The van der Waals surface area contributed by atoms with Crippen LogP contribution in [0.4, 0.5) is 0 Å². The van der Waals surface area contributed by atoms with E-state index in [4.69, 9.17) is 0 Å².